The number of hydrogen-bond donors (Lipinski definition) is 2. The summed E-state index contributed by atoms with van der Waals surface area (Å²) in [5.41, 5.74) is 6.90. The Morgan fingerprint density at radius 3 is 2.52 bits per heavy atom. The maximum Gasteiger partial charge on any atom is 0.191 e. The van der Waals surface area contributed by atoms with E-state index in [1.165, 1.54) is 5.56 Å². The average molecular weight is 362 g/mol. The SMILES string of the molecule is CC(=NNC(=S)Nc1cccc(C)c1)c1ccc(Br)cc1. The molecule has 5 heteroatoms. The first kappa shape index (κ1) is 15.7. The second-order valence-electron chi connectivity index (χ2n) is 4.64. The maximum absolute atomic E-state index is 5.23. The summed E-state index contributed by atoms with van der Waals surface area (Å²) >= 11 is 8.64. The number of aryl methyl sites for hydroxylation is 1. The lowest BCUT2D eigenvalue weighted by Gasteiger charge is -2.08. The van der Waals surface area contributed by atoms with Gasteiger partial charge in [0.2, 0.25) is 0 Å². The van der Waals surface area contributed by atoms with E-state index in [1.54, 1.807) is 0 Å². The van der Waals surface area contributed by atoms with Crippen LogP contribution in [0, 0.1) is 6.92 Å². The largest absolute Gasteiger partial charge is 0.331 e. The van der Waals surface area contributed by atoms with Crippen LogP contribution in [0.25, 0.3) is 0 Å². The van der Waals surface area contributed by atoms with Gasteiger partial charge in [0.15, 0.2) is 5.11 Å². The van der Waals surface area contributed by atoms with Crippen molar-refractivity contribution in [2.45, 2.75) is 13.8 Å². The quantitative estimate of drug-likeness (QED) is 0.481. The first-order valence-electron chi connectivity index (χ1n) is 6.48. The van der Waals surface area contributed by atoms with Crippen molar-refractivity contribution in [1.29, 1.82) is 0 Å². The third kappa shape index (κ3) is 4.95. The Kier molecular flexibility index (Phi) is 5.47. The van der Waals surface area contributed by atoms with Gasteiger partial charge in [-0.05, 0) is 61.5 Å². The molecule has 0 radical (unpaired) electrons. The number of benzene rings is 2. The standard InChI is InChI=1S/C16H16BrN3S/c1-11-4-3-5-15(10-11)18-16(21)20-19-12(2)13-6-8-14(17)9-7-13/h3-10H,1-2H3,(H2,18,20,21). The normalized spacial score (nSPS) is 11.1. The molecular weight excluding hydrogens is 346 g/mol. The van der Waals surface area contributed by atoms with Crippen LogP contribution >= 0.6 is 28.1 Å². The molecule has 0 saturated heterocycles. The lowest BCUT2D eigenvalue weighted by Crippen LogP contribution is -2.25. The molecule has 108 valence electrons. The molecule has 0 fully saturated rings. The highest BCUT2D eigenvalue weighted by atomic mass is 79.9. The van der Waals surface area contributed by atoms with Crippen molar-refractivity contribution in [2.24, 2.45) is 5.10 Å². The summed E-state index contributed by atoms with van der Waals surface area (Å²) in [6.45, 7) is 3.98. The number of hydrazone groups is 1. The molecule has 0 aliphatic carbocycles. The fourth-order valence-electron chi connectivity index (χ4n) is 1.77. The molecule has 0 saturated carbocycles. The van der Waals surface area contributed by atoms with E-state index in [-0.39, 0.29) is 0 Å². The van der Waals surface area contributed by atoms with Crippen molar-refractivity contribution in [2.75, 3.05) is 5.32 Å². The summed E-state index contributed by atoms with van der Waals surface area (Å²) in [5, 5.41) is 7.86. The number of rotatable bonds is 3. The second kappa shape index (κ2) is 7.33. The molecular formula is C16H16BrN3S. The Morgan fingerprint density at radius 2 is 1.86 bits per heavy atom. The van der Waals surface area contributed by atoms with Gasteiger partial charge in [-0.15, -0.1) is 0 Å². The highest BCUT2D eigenvalue weighted by Gasteiger charge is 1.99. The molecule has 0 aliphatic heterocycles. The molecule has 0 bridgehead atoms. The van der Waals surface area contributed by atoms with E-state index in [0.29, 0.717) is 5.11 Å². The Morgan fingerprint density at radius 1 is 1.14 bits per heavy atom. The number of hydrogen-bond acceptors (Lipinski definition) is 2. The third-order valence-corrected chi connectivity index (χ3v) is 3.59. The van der Waals surface area contributed by atoms with E-state index in [0.717, 1.165) is 21.4 Å². The average Bonchev–Trinajstić information content (AvgIpc) is 2.45. The van der Waals surface area contributed by atoms with Crippen LogP contribution in [0.5, 0.6) is 0 Å². The maximum atomic E-state index is 5.23. The van der Waals surface area contributed by atoms with Gasteiger partial charge in [0.1, 0.15) is 0 Å². The summed E-state index contributed by atoms with van der Waals surface area (Å²) in [6.07, 6.45) is 0. The topological polar surface area (TPSA) is 36.4 Å². The van der Waals surface area contributed by atoms with Gasteiger partial charge in [-0.2, -0.15) is 5.10 Å². The Labute approximate surface area is 138 Å². The molecule has 0 unspecified atom stereocenters. The predicted octanol–water partition coefficient (Wildman–Crippen LogP) is 4.47. The van der Waals surface area contributed by atoms with Crippen LogP contribution in [0.3, 0.4) is 0 Å². The summed E-state index contributed by atoms with van der Waals surface area (Å²) in [7, 11) is 0. The van der Waals surface area contributed by atoms with Crippen molar-refractivity contribution in [1.82, 2.24) is 5.43 Å². The van der Waals surface area contributed by atoms with Gasteiger partial charge in [-0.25, -0.2) is 0 Å². The number of thiocarbonyl (C=S) groups is 1. The summed E-state index contributed by atoms with van der Waals surface area (Å²) in [4.78, 5) is 0. The smallest absolute Gasteiger partial charge is 0.191 e. The lowest BCUT2D eigenvalue weighted by atomic mass is 10.1. The van der Waals surface area contributed by atoms with E-state index < -0.39 is 0 Å². The zero-order valence-corrected chi connectivity index (χ0v) is 14.3. The molecule has 0 amide bonds. The molecule has 0 heterocycles. The van der Waals surface area contributed by atoms with E-state index in [2.05, 4.69) is 31.8 Å². The van der Waals surface area contributed by atoms with Gasteiger partial charge in [0.05, 0.1) is 5.71 Å². The van der Waals surface area contributed by atoms with Crippen molar-refractivity contribution in [3.8, 4) is 0 Å². The highest BCUT2D eigenvalue weighted by Crippen LogP contribution is 2.11. The van der Waals surface area contributed by atoms with Gasteiger partial charge in [0.25, 0.3) is 0 Å². The van der Waals surface area contributed by atoms with Crippen LogP contribution < -0.4 is 10.7 Å². The molecule has 2 rings (SSSR count). The molecule has 0 aliphatic rings. The minimum Gasteiger partial charge on any atom is -0.331 e. The number of nitrogens with zero attached hydrogens (tertiary/aromatic N) is 1. The molecule has 3 nitrogen and oxygen atoms in total. The van der Waals surface area contributed by atoms with Crippen LogP contribution in [0.4, 0.5) is 5.69 Å². The third-order valence-electron chi connectivity index (χ3n) is 2.86. The fourth-order valence-corrected chi connectivity index (χ4v) is 2.20. The molecule has 2 N–H and O–H groups in total. The Bertz CT molecular complexity index is 665. The van der Waals surface area contributed by atoms with Crippen LogP contribution in [-0.2, 0) is 0 Å². The van der Waals surface area contributed by atoms with E-state index >= 15 is 0 Å². The van der Waals surface area contributed by atoms with Gasteiger partial charge < -0.3 is 5.32 Å². The zero-order valence-electron chi connectivity index (χ0n) is 11.9. The van der Waals surface area contributed by atoms with E-state index in [9.17, 15) is 0 Å². The van der Waals surface area contributed by atoms with Gasteiger partial charge >= 0.3 is 0 Å². The predicted molar refractivity (Wildman–Crippen MR) is 96.9 cm³/mol. The van der Waals surface area contributed by atoms with Crippen molar-refractivity contribution in [3.63, 3.8) is 0 Å². The molecule has 2 aromatic rings. The number of anilines is 1. The van der Waals surface area contributed by atoms with Crippen molar-refractivity contribution >= 4 is 44.7 Å². The van der Waals surface area contributed by atoms with Crippen LogP contribution in [0.1, 0.15) is 18.1 Å². The zero-order chi connectivity index (χ0) is 15.2. The highest BCUT2D eigenvalue weighted by molar-refractivity contribution is 9.10. The summed E-state index contributed by atoms with van der Waals surface area (Å²) in [5.74, 6) is 0. The summed E-state index contributed by atoms with van der Waals surface area (Å²) in [6, 6.07) is 16.0. The van der Waals surface area contributed by atoms with E-state index in [4.69, 9.17) is 12.2 Å². The second-order valence-corrected chi connectivity index (χ2v) is 5.96. The van der Waals surface area contributed by atoms with Crippen molar-refractivity contribution < 1.29 is 0 Å². The summed E-state index contributed by atoms with van der Waals surface area (Å²) < 4.78 is 1.05. The van der Waals surface area contributed by atoms with Crippen LogP contribution in [0.15, 0.2) is 58.1 Å². The number of nitrogens with one attached hydrogen (secondary N) is 2. The Hall–Kier alpha value is -1.72. The van der Waals surface area contributed by atoms with Crippen molar-refractivity contribution in [3.05, 3.63) is 64.1 Å². The van der Waals surface area contributed by atoms with Crippen LogP contribution in [0.2, 0.25) is 0 Å². The van der Waals surface area contributed by atoms with E-state index in [1.807, 2.05) is 62.4 Å². The van der Waals surface area contributed by atoms with Crippen LogP contribution in [-0.4, -0.2) is 10.8 Å². The monoisotopic (exact) mass is 361 g/mol. The molecule has 0 aromatic heterocycles. The fraction of sp³-hybridized carbons (Fsp3) is 0.125. The molecule has 0 spiro atoms. The molecule has 2 aromatic carbocycles. The number of halogens is 1. The minimum absolute atomic E-state index is 0.470. The van der Waals surface area contributed by atoms with Gasteiger partial charge in [-0.3, -0.25) is 5.43 Å². The lowest BCUT2D eigenvalue weighted by molar-refractivity contribution is 1.04. The van der Waals surface area contributed by atoms with Gasteiger partial charge in [0, 0.05) is 10.2 Å². The molecule has 21 heavy (non-hydrogen) atoms. The minimum atomic E-state index is 0.470. The molecule has 0 atom stereocenters. The first-order chi connectivity index (χ1) is 10.0. The van der Waals surface area contributed by atoms with Gasteiger partial charge in [-0.1, -0.05) is 40.2 Å². The Balaban J connectivity index is 1.96. The first-order valence-corrected chi connectivity index (χ1v) is 7.68.